The summed E-state index contributed by atoms with van der Waals surface area (Å²) in [6.07, 6.45) is 1.18. The summed E-state index contributed by atoms with van der Waals surface area (Å²) in [5.74, 6) is -0.356. The smallest absolute Gasteiger partial charge is 0.284 e. The van der Waals surface area contributed by atoms with Gasteiger partial charge in [-0.2, -0.15) is 0 Å². The second-order valence-electron chi connectivity index (χ2n) is 6.48. The number of hydrogen-bond acceptors (Lipinski definition) is 7. The number of carbonyl (C=O) groups excluding carboxylic acids is 2. The van der Waals surface area contributed by atoms with Gasteiger partial charge in [0, 0.05) is 48.8 Å². The van der Waals surface area contributed by atoms with Crippen LogP contribution in [0.4, 0.5) is 5.69 Å². The van der Waals surface area contributed by atoms with Gasteiger partial charge in [-0.3, -0.25) is 19.7 Å². The lowest BCUT2D eigenvalue weighted by atomic mass is 9.95. The fraction of sp³-hybridized carbons (Fsp3) is 0.389. The van der Waals surface area contributed by atoms with Crippen molar-refractivity contribution in [3.8, 4) is 0 Å². The van der Waals surface area contributed by atoms with Gasteiger partial charge < -0.3 is 10.2 Å². The minimum absolute atomic E-state index is 0.0125. The van der Waals surface area contributed by atoms with Crippen LogP contribution in [-0.4, -0.2) is 46.8 Å². The second-order valence-corrected chi connectivity index (χ2v) is 8.62. The maximum absolute atomic E-state index is 12.8. The number of nitro groups is 1. The molecular formula is C18H20N4O4S2. The average molecular weight is 421 g/mol. The molecule has 2 amide bonds. The molecule has 0 atom stereocenters. The van der Waals surface area contributed by atoms with Gasteiger partial charge in [-0.15, -0.1) is 11.3 Å². The number of aromatic nitrogens is 1. The maximum Gasteiger partial charge on any atom is 0.284 e. The van der Waals surface area contributed by atoms with Crippen molar-refractivity contribution in [1.82, 2.24) is 15.2 Å². The van der Waals surface area contributed by atoms with E-state index in [1.54, 1.807) is 24.1 Å². The highest BCUT2D eigenvalue weighted by Gasteiger charge is 2.28. The van der Waals surface area contributed by atoms with E-state index in [1.165, 1.54) is 29.2 Å². The van der Waals surface area contributed by atoms with Crippen LogP contribution in [0.15, 0.2) is 32.8 Å². The van der Waals surface area contributed by atoms with Gasteiger partial charge in [0.1, 0.15) is 0 Å². The summed E-state index contributed by atoms with van der Waals surface area (Å²) in [6.45, 7) is 2.78. The number of thiazole rings is 1. The highest BCUT2D eigenvalue weighted by Crippen LogP contribution is 2.37. The molecule has 10 heteroatoms. The van der Waals surface area contributed by atoms with Crippen molar-refractivity contribution >= 4 is 40.6 Å². The fourth-order valence-corrected chi connectivity index (χ4v) is 4.96. The number of nitrogens with one attached hydrogen (secondary N) is 1. The predicted molar refractivity (Wildman–Crippen MR) is 107 cm³/mol. The summed E-state index contributed by atoms with van der Waals surface area (Å²) in [5.41, 5.74) is 1.04. The third-order valence-electron chi connectivity index (χ3n) is 4.60. The predicted octanol–water partition coefficient (Wildman–Crippen LogP) is 3.11. The van der Waals surface area contributed by atoms with Gasteiger partial charge in [0.05, 0.1) is 9.82 Å². The van der Waals surface area contributed by atoms with E-state index in [0.717, 1.165) is 10.0 Å². The van der Waals surface area contributed by atoms with Crippen LogP contribution in [0.5, 0.6) is 0 Å². The highest BCUT2D eigenvalue weighted by atomic mass is 32.2. The van der Waals surface area contributed by atoms with Crippen LogP contribution < -0.4 is 5.32 Å². The number of likely N-dealkylation sites (tertiary alicyclic amines) is 1. The van der Waals surface area contributed by atoms with Crippen LogP contribution >= 0.6 is 23.1 Å². The molecule has 1 aliphatic rings. The SMILES string of the molecule is CNC(=O)C1CCN(C(=O)c2ccc(Sc3nc(C)cs3)c([N+](=O)[O-])c2)CC1. The Labute approximate surface area is 170 Å². The Morgan fingerprint density at radius 2 is 2.07 bits per heavy atom. The molecule has 0 spiro atoms. The van der Waals surface area contributed by atoms with E-state index < -0.39 is 4.92 Å². The van der Waals surface area contributed by atoms with Crippen LogP contribution in [0.3, 0.4) is 0 Å². The largest absolute Gasteiger partial charge is 0.359 e. The summed E-state index contributed by atoms with van der Waals surface area (Å²) in [5, 5.41) is 16.0. The van der Waals surface area contributed by atoms with E-state index >= 15 is 0 Å². The van der Waals surface area contributed by atoms with Crippen molar-refractivity contribution in [3.63, 3.8) is 0 Å². The van der Waals surface area contributed by atoms with Gasteiger partial charge in [-0.25, -0.2) is 4.98 Å². The molecule has 0 bridgehead atoms. The first-order valence-electron chi connectivity index (χ1n) is 8.78. The molecule has 1 fully saturated rings. The lowest BCUT2D eigenvalue weighted by molar-refractivity contribution is -0.387. The number of aryl methyl sites for hydroxylation is 1. The van der Waals surface area contributed by atoms with Crippen molar-refractivity contribution < 1.29 is 14.5 Å². The maximum atomic E-state index is 12.8. The quantitative estimate of drug-likeness (QED) is 0.589. The number of rotatable bonds is 5. The summed E-state index contributed by atoms with van der Waals surface area (Å²) in [6, 6.07) is 4.54. The molecule has 3 rings (SSSR count). The summed E-state index contributed by atoms with van der Waals surface area (Å²) in [4.78, 5) is 42.0. The Kier molecular flexibility index (Phi) is 6.30. The number of amides is 2. The number of nitro benzene ring substituents is 1. The Balaban J connectivity index is 1.75. The number of benzene rings is 1. The third kappa shape index (κ3) is 4.50. The molecule has 2 aromatic rings. The second kappa shape index (κ2) is 8.70. The van der Waals surface area contributed by atoms with E-state index in [0.29, 0.717) is 30.8 Å². The van der Waals surface area contributed by atoms with E-state index in [4.69, 9.17) is 0 Å². The summed E-state index contributed by atoms with van der Waals surface area (Å²) >= 11 is 2.65. The van der Waals surface area contributed by atoms with Crippen LogP contribution in [0, 0.1) is 23.0 Å². The van der Waals surface area contributed by atoms with Crippen molar-refractivity contribution in [1.29, 1.82) is 0 Å². The number of piperidine rings is 1. The van der Waals surface area contributed by atoms with Gasteiger partial charge in [0.25, 0.3) is 11.6 Å². The molecule has 148 valence electrons. The Morgan fingerprint density at radius 1 is 1.36 bits per heavy atom. The van der Waals surface area contributed by atoms with Crippen molar-refractivity contribution in [2.75, 3.05) is 20.1 Å². The summed E-state index contributed by atoms with van der Waals surface area (Å²) < 4.78 is 0.718. The monoisotopic (exact) mass is 420 g/mol. The molecule has 0 unspecified atom stereocenters. The topological polar surface area (TPSA) is 105 Å². The first-order valence-corrected chi connectivity index (χ1v) is 10.5. The van der Waals surface area contributed by atoms with E-state index in [1.807, 2.05) is 12.3 Å². The molecule has 1 N–H and O–H groups in total. The molecule has 28 heavy (non-hydrogen) atoms. The third-order valence-corrected chi connectivity index (χ3v) is 6.72. The first kappa shape index (κ1) is 20.3. The highest BCUT2D eigenvalue weighted by molar-refractivity contribution is 8.01. The van der Waals surface area contributed by atoms with Crippen LogP contribution in [0.1, 0.15) is 28.9 Å². The van der Waals surface area contributed by atoms with Crippen molar-refractivity contribution in [2.24, 2.45) is 5.92 Å². The molecule has 2 heterocycles. The van der Waals surface area contributed by atoms with Gasteiger partial charge in [-0.1, -0.05) is 11.8 Å². The Morgan fingerprint density at radius 3 is 2.64 bits per heavy atom. The van der Waals surface area contributed by atoms with Crippen LogP contribution in [0.25, 0.3) is 0 Å². The van der Waals surface area contributed by atoms with Crippen LogP contribution in [0.2, 0.25) is 0 Å². The van der Waals surface area contributed by atoms with Gasteiger partial charge >= 0.3 is 0 Å². The van der Waals surface area contributed by atoms with Crippen molar-refractivity contribution in [3.05, 3.63) is 45.0 Å². The lowest BCUT2D eigenvalue weighted by Crippen LogP contribution is -2.42. The number of nitrogens with zero attached hydrogens (tertiary/aromatic N) is 3. The molecule has 1 aromatic carbocycles. The lowest BCUT2D eigenvalue weighted by Gasteiger charge is -2.31. The van der Waals surface area contributed by atoms with E-state index in [9.17, 15) is 19.7 Å². The molecule has 1 aliphatic heterocycles. The van der Waals surface area contributed by atoms with E-state index in [-0.39, 0.29) is 29.0 Å². The zero-order chi connectivity index (χ0) is 20.3. The summed E-state index contributed by atoms with van der Waals surface area (Å²) in [7, 11) is 1.60. The van der Waals surface area contributed by atoms with Crippen molar-refractivity contribution in [2.45, 2.75) is 29.0 Å². The molecule has 0 radical (unpaired) electrons. The van der Waals surface area contributed by atoms with Gasteiger partial charge in [0.2, 0.25) is 5.91 Å². The number of carbonyl (C=O) groups is 2. The van der Waals surface area contributed by atoms with Crippen LogP contribution in [-0.2, 0) is 4.79 Å². The molecule has 8 nitrogen and oxygen atoms in total. The van der Waals surface area contributed by atoms with Gasteiger partial charge in [0.15, 0.2) is 4.34 Å². The van der Waals surface area contributed by atoms with Gasteiger partial charge in [-0.05, 0) is 31.9 Å². The minimum Gasteiger partial charge on any atom is -0.359 e. The minimum atomic E-state index is -0.475. The Bertz CT molecular complexity index is 907. The van der Waals surface area contributed by atoms with E-state index in [2.05, 4.69) is 10.3 Å². The zero-order valence-electron chi connectivity index (χ0n) is 15.5. The fourth-order valence-electron chi connectivity index (χ4n) is 3.08. The normalized spacial score (nSPS) is 14.7. The number of hydrogen-bond donors (Lipinski definition) is 1. The first-order chi connectivity index (χ1) is 13.4. The molecule has 0 aliphatic carbocycles. The zero-order valence-corrected chi connectivity index (χ0v) is 17.1. The molecular weight excluding hydrogens is 400 g/mol. The molecule has 0 saturated carbocycles. The standard InChI is InChI=1S/C18H20N4O4S2/c1-11-10-27-18(20-11)28-15-4-3-13(9-14(15)22(25)26)17(24)21-7-5-12(6-8-21)16(23)19-2/h3-4,9-10,12H,5-8H2,1-2H3,(H,19,23). The Hall–Kier alpha value is -2.46. The average Bonchev–Trinajstić information content (AvgIpc) is 3.11. The molecule has 1 saturated heterocycles. The molecule has 1 aromatic heterocycles.